The second-order valence-corrected chi connectivity index (χ2v) is 4.29. The molecule has 0 aromatic heterocycles. The van der Waals surface area contributed by atoms with Crippen LogP contribution in [0.1, 0.15) is 32.6 Å². The number of nitrogens with one attached hydrogen (secondary N) is 2. The molecule has 3 nitrogen and oxygen atoms in total. The Hall–Kier alpha value is -0.570. The normalized spacial score (nSPS) is 20.2. The summed E-state index contributed by atoms with van der Waals surface area (Å²) in [5.74, 6) is 0.0709. The first-order valence-corrected chi connectivity index (χ1v) is 5.08. The van der Waals surface area contributed by atoms with Crippen LogP contribution < -0.4 is 10.6 Å². The molecule has 0 aromatic rings. The van der Waals surface area contributed by atoms with E-state index in [-0.39, 0.29) is 5.91 Å². The van der Waals surface area contributed by atoms with Crippen molar-refractivity contribution in [1.82, 2.24) is 10.6 Å². The molecule has 0 atom stereocenters. The van der Waals surface area contributed by atoms with Crippen LogP contribution in [0.15, 0.2) is 0 Å². The zero-order valence-corrected chi connectivity index (χ0v) is 8.65. The summed E-state index contributed by atoms with van der Waals surface area (Å²) in [6.07, 6.45) is 5.29. The molecule has 0 aromatic carbocycles. The number of carbonyl (C=O) groups is 1. The fourth-order valence-electron chi connectivity index (χ4n) is 1.97. The number of rotatable bonds is 4. The van der Waals surface area contributed by atoms with Crippen molar-refractivity contribution in [3.8, 4) is 0 Å². The second kappa shape index (κ2) is 4.61. The van der Waals surface area contributed by atoms with Gasteiger partial charge < -0.3 is 10.6 Å². The van der Waals surface area contributed by atoms with Crippen molar-refractivity contribution in [2.75, 3.05) is 20.1 Å². The van der Waals surface area contributed by atoms with Crippen molar-refractivity contribution < 1.29 is 4.79 Å². The van der Waals surface area contributed by atoms with Gasteiger partial charge in [-0.3, -0.25) is 4.79 Å². The topological polar surface area (TPSA) is 41.1 Å². The minimum atomic E-state index is 0.0709. The molecular formula is C10H20N2O. The van der Waals surface area contributed by atoms with E-state index in [9.17, 15) is 4.79 Å². The molecule has 0 saturated heterocycles. The summed E-state index contributed by atoms with van der Waals surface area (Å²) in [6, 6.07) is 0. The molecule has 1 amide bonds. The molecule has 0 heterocycles. The van der Waals surface area contributed by atoms with Crippen molar-refractivity contribution in [2.45, 2.75) is 32.6 Å². The van der Waals surface area contributed by atoms with E-state index in [1.807, 2.05) is 0 Å². The van der Waals surface area contributed by atoms with Gasteiger partial charge in [-0.2, -0.15) is 0 Å². The molecule has 76 valence electrons. The molecule has 0 aliphatic heterocycles. The molecule has 0 bridgehead atoms. The lowest BCUT2D eigenvalue weighted by atomic mass is 9.89. The number of amides is 1. The van der Waals surface area contributed by atoms with Crippen LogP contribution in [-0.4, -0.2) is 26.0 Å². The number of hydrogen-bond acceptors (Lipinski definition) is 2. The maximum absolute atomic E-state index is 10.9. The summed E-state index contributed by atoms with van der Waals surface area (Å²) in [6.45, 7) is 3.73. The Labute approximate surface area is 80.3 Å². The third kappa shape index (κ3) is 3.35. The van der Waals surface area contributed by atoms with E-state index in [1.54, 1.807) is 7.05 Å². The predicted molar refractivity (Wildman–Crippen MR) is 53.5 cm³/mol. The second-order valence-electron chi connectivity index (χ2n) is 4.29. The van der Waals surface area contributed by atoms with Crippen molar-refractivity contribution >= 4 is 5.91 Å². The SMILES string of the molecule is CNC(=O)CNCC1(C)CCCC1. The van der Waals surface area contributed by atoms with Gasteiger partial charge in [-0.15, -0.1) is 0 Å². The number of likely N-dealkylation sites (N-methyl/N-ethyl adjacent to an activating group) is 1. The van der Waals surface area contributed by atoms with E-state index in [4.69, 9.17) is 0 Å². The van der Waals surface area contributed by atoms with Gasteiger partial charge in [0.05, 0.1) is 6.54 Å². The quantitative estimate of drug-likeness (QED) is 0.681. The van der Waals surface area contributed by atoms with Crippen LogP contribution in [0.25, 0.3) is 0 Å². The molecule has 2 N–H and O–H groups in total. The summed E-state index contributed by atoms with van der Waals surface area (Å²) in [7, 11) is 1.67. The van der Waals surface area contributed by atoms with E-state index in [0.717, 1.165) is 6.54 Å². The summed E-state index contributed by atoms with van der Waals surface area (Å²) in [5, 5.41) is 5.81. The van der Waals surface area contributed by atoms with Crippen LogP contribution in [0.2, 0.25) is 0 Å². The standard InChI is InChI=1S/C10H20N2O/c1-10(5-3-4-6-10)8-12-7-9(13)11-2/h12H,3-8H2,1-2H3,(H,11,13). The third-order valence-corrected chi connectivity index (χ3v) is 2.93. The minimum Gasteiger partial charge on any atom is -0.358 e. The molecular weight excluding hydrogens is 164 g/mol. The summed E-state index contributed by atoms with van der Waals surface area (Å²) in [4.78, 5) is 10.9. The first-order valence-electron chi connectivity index (χ1n) is 5.08. The number of hydrogen-bond donors (Lipinski definition) is 2. The van der Waals surface area contributed by atoms with Gasteiger partial charge in [0.15, 0.2) is 0 Å². The Bertz CT molecular complexity index is 174. The van der Waals surface area contributed by atoms with Crippen LogP contribution in [-0.2, 0) is 4.79 Å². The Morgan fingerprint density at radius 3 is 2.54 bits per heavy atom. The molecule has 1 aliphatic carbocycles. The van der Waals surface area contributed by atoms with Gasteiger partial charge in [-0.05, 0) is 18.3 Å². The van der Waals surface area contributed by atoms with Gasteiger partial charge in [0, 0.05) is 13.6 Å². The molecule has 0 unspecified atom stereocenters. The highest BCUT2D eigenvalue weighted by Gasteiger charge is 2.27. The Kier molecular flexibility index (Phi) is 3.72. The van der Waals surface area contributed by atoms with E-state index >= 15 is 0 Å². The summed E-state index contributed by atoms with van der Waals surface area (Å²) >= 11 is 0. The van der Waals surface area contributed by atoms with Gasteiger partial charge >= 0.3 is 0 Å². The van der Waals surface area contributed by atoms with E-state index in [1.165, 1.54) is 25.7 Å². The van der Waals surface area contributed by atoms with Crippen LogP contribution in [0, 0.1) is 5.41 Å². The van der Waals surface area contributed by atoms with Gasteiger partial charge in [0.25, 0.3) is 0 Å². The zero-order chi connectivity index (χ0) is 9.73. The lowest BCUT2D eigenvalue weighted by molar-refractivity contribution is -0.119. The Morgan fingerprint density at radius 1 is 1.38 bits per heavy atom. The van der Waals surface area contributed by atoms with E-state index in [2.05, 4.69) is 17.6 Å². The van der Waals surface area contributed by atoms with Gasteiger partial charge in [0.2, 0.25) is 5.91 Å². The average molecular weight is 184 g/mol. The molecule has 1 rings (SSSR count). The van der Waals surface area contributed by atoms with Crippen LogP contribution in [0.3, 0.4) is 0 Å². The van der Waals surface area contributed by atoms with Crippen LogP contribution in [0.5, 0.6) is 0 Å². The molecule has 1 saturated carbocycles. The first kappa shape index (κ1) is 10.5. The Morgan fingerprint density at radius 2 is 2.00 bits per heavy atom. The van der Waals surface area contributed by atoms with Crippen LogP contribution >= 0.6 is 0 Å². The molecule has 1 aliphatic rings. The van der Waals surface area contributed by atoms with Gasteiger partial charge in [0.1, 0.15) is 0 Å². The van der Waals surface area contributed by atoms with Crippen molar-refractivity contribution in [3.63, 3.8) is 0 Å². The molecule has 0 spiro atoms. The molecule has 13 heavy (non-hydrogen) atoms. The van der Waals surface area contributed by atoms with Crippen LogP contribution in [0.4, 0.5) is 0 Å². The number of carbonyl (C=O) groups excluding carboxylic acids is 1. The maximum atomic E-state index is 10.9. The lowest BCUT2D eigenvalue weighted by Crippen LogP contribution is -2.37. The van der Waals surface area contributed by atoms with E-state index in [0.29, 0.717) is 12.0 Å². The first-order chi connectivity index (χ1) is 6.16. The fraction of sp³-hybridized carbons (Fsp3) is 0.900. The monoisotopic (exact) mass is 184 g/mol. The van der Waals surface area contributed by atoms with Crippen molar-refractivity contribution in [1.29, 1.82) is 0 Å². The fourth-order valence-corrected chi connectivity index (χ4v) is 1.97. The lowest BCUT2D eigenvalue weighted by Gasteiger charge is -2.23. The molecule has 3 heteroatoms. The summed E-state index contributed by atoms with van der Waals surface area (Å²) < 4.78 is 0. The Balaban J connectivity index is 2.14. The van der Waals surface area contributed by atoms with Gasteiger partial charge in [-0.25, -0.2) is 0 Å². The van der Waals surface area contributed by atoms with Crippen molar-refractivity contribution in [3.05, 3.63) is 0 Å². The zero-order valence-electron chi connectivity index (χ0n) is 8.65. The van der Waals surface area contributed by atoms with Crippen molar-refractivity contribution in [2.24, 2.45) is 5.41 Å². The molecule has 1 fully saturated rings. The highest BCUT2D eigenvalue weighted by molar-refractivity contribution is 5.77. The average Bonchev–Trinajstić information content (AvgIpc) is 2.52. The summed E-state index contributed by atoms with van der Waals surface area (Å²) in [5.41, 5.74) is 0.439. The maximum Gasteiger partial charge on any atom is 0.233 e. The van der Waals surface area contributed by atoms with E-state index < -0.39 is 0 Å². The minimum absolute atomic E-state index is 0.0709. The smallest absolute Gasteiger partial charge is 0.233 e. The third-order valence-electron chi connectivity index (χ3n) is 2.93. The largest absolute Gasteiger partial charge is 0.358 e. The highest BCUT2D eigenvalue weighted by Crippen LogP contribution is 2.36. The molecule has 0 radical (unpaired) electrons. The highest BCUT2D eigenvalue weighted by atomic mass is 16.1. The predicted octanol–water partition coefficient (Wildman–Crippen LogP) is 0.902. The van der Waals surface area contributed by atoms with Gasteiger partial charge in [-0.1, -0.05) is 19.8 Å².